The van der Waals surface area contributed by atoms with Gasteiger partial charge in [-0.15, -0.1) is 0 Å². The van der Waals surface area contributed by atoms with E-state index < -0.39 is 36.2 Å². The van der Waals surface area contributed by atoms with Crippen LogP contribution in [-0.2, 0) is 15.0 Å². The molecule has 0 aromatic heterocycles. The number of rotatable bonds is 7. The van der Waals surface area contributed by atoms with Gasteiger partial charge >= 0.3 is 5.97 Å². The van der Waals surface area contributed by atoms with Gasteiger partial charge in [0.1, 0.15) is 11.8 Å². The van der Waals surface area contributed by atoms with Crippen molar-refractivity contribution in [3.63, 3.8) is 0 Å². The van der Waals surface area contributed by atoms with Crippen LogP contribution in [0.4, 0.5) is 8.78 Å². The molecular formula is C18H23F2NO4. The van der Waals surface area contributed by atoms with E-state index in [1.807, 2.05) is 19.1 Å². The third-order valence-electron chi connectivity index (χ3n) is 4.87. The van der Waals surface area contributed by atoms with E-state index in [9.17, 15) is 18.4 Å². The minimum atomic E-state index is -2.81. The Morgan fingerprint density at radius 3 is 2.48 bits per heavy atom. The van der Waals surface area contributed by atoms with Gasteiger partial charge in [0.05, 0.1) is 12.5 Å². The highest BCUT2D eigenvalue weighted by molar-refractivity contribution is 5.92. The number of alkyl halides is 2. The quantitative estimate of drug-likeness (QED) is 0.788. The van der Waals surface area contributed by atoms with Crippen molar-refractivity contribution in [3.05, 3.63) is 29.3 Å². The molecule has 7 heteroatoms. The number of nitrogens with one attached hydrogen (secondary N) is 1. The first-order chi connectivity index (χ1) is 11.8. The van der Waals surface area contributed by atoms with Gasteiger partial charge in [-0.3, -0.25) is 4.79 Å². The number of aryl methyl sites for hydroxylation is 1. The summed E-state index contributed by atoms with van der Waals surface area (Å²) in [4.78, 5) is 24.1. The molecule has 0 heterocycles. The lowest BCUT2D eigenvalue weighted by Crippen LogP contribution is -2.50. The number of aliphatic carboxylic acids is 1. The zero-order valence-corrected chi connectivity index (χ0v) is 14.4. The number of hydrogen-bond acceptors (Lipinski definition) is 3. The maximum Gasteiger partial charge on any atom is 0.326 e. The predicted molar refractivity (Wildman–Crippen MR) is 88.1 cm³/mol. The second-order valence-electron chi connectivity index (χ2n) is 6.46. The van der Waals surface area contributed by atoms with E-state index in [1.165, 1.54) is 7.11 Å². The molecular weight excluding hydrogens is 332 g/mol. The van der Waals surface area contributed by atoms with Crippen LogP contribution in [0.1, 0.15) is 43.2 Å². The largest absolute Gasteiger partial charge is 0.496 e. The van der Waals surface area contributed by atoms with Crippen LogP contribution in [0, 0.1) is 6.92 Å². The summed E-state index contributed by atoms with van der Waals surface area (Å²) in [5, 5.41) is 11.4. The Hall–Kier alpha value is -2.18. The van der Waals surface area contributed by atoms with Crippen molar-refractivity contribution in [1.82, 2.24) is 5.32 Å². The molecule has 2 N–H and O–H groups in total. The first kappa shape index (κ1) is 19.1. The lowest BCUT2D eigenvalue weighted by molar-refractivity contribution is -0.144. The number of methoxy groups -OCH3 is 1. The fourth-order valence-corrected chi connectivity index (χ4v) is 3.44. The molecule has 1 aliphatic rings. The van der Waals surface area contributed by atoms with Gasteiger partial charge in [0, 0.05) is 6.42 Å². The van der Waals surface area contributed by atoms with E-state index >= 15 is 0 Å². The number of benzene rings is 1. The van der Waals surface area contributed by atoms with Crippen molar-refractivity contribution < 1.29 is 28.2 Å². The highest BCUT2D eigenvalue weighted by atomic mass is 19.3. The van der Waals surface area contributed by atoms with Gasteiger partial charge in [-0.2, -0.15) is 0 Å². The zero-order chi connectivity index (χ0) is 18.6. The van der Waals surface area contributed by atoms with Crippen LogP contribution < -0.4 is 10.1 Å². The number of ether oxygens (including phenoxy) is 1. The van der Waals surface area contributed by atoms with E-state index in [-0.39, 0.29) is 0 Å². The molecule has 1 aromatic carbocycles. The summed E-state index contributed by atoms with van der Waals surface area (Å²) < 4.78 is 30.5. The fourth-order valence-electron chi connectivity index (χ4n) is 3.44. The van der Waals surface area contributed by atoms with E-state index in [4.69, 9.17) is 9.84 Å². The lowest BCUT2D eigenvalue weighted by atomic mass is 9.77. The summed E-state index contributed by atoms with van der Waals surface area (Å²) in [6.45, 7) is 1.88. The van der Waals surface area contributed by atoms with Crippen molar-refractivity contribution in [2.24, 2.45) is 0 Å². The molecule has 0 saturated heterocycles. The summed E-state index contributed by atoms with van der Waals surface area (Å²) >= 11 is 0. The number of carboxylic acid groups (broad SMARTS) is 1. The van der Waals surface area contributed by atoms with Crippen molar-refractivity contribution in [3.8, 4) is 5.75 Å². The molecule has 1 aromatic rings. The Kier molecular flexibility index (Phi) is 5.98. The maximum absolute atomic E-state index is 12.9. The van der Waals surface area contributed by atoms with Crippen LogP contribution in [0.15, 0.2) is 18.2 Å². The standard InChI is InChI=1S/C18H23F2NO4/c1-11-5-6-12(9-14(11)25-2)18(7-3-4-8-18)17(24)21-13(16(22)23)10-15(19)20/h5-6,9,13,15H,3-4,7-8,10H2,1-2H3,(H,21,24)(H,22,23). The van der Waals surface area contributed by atoms with Crippen LogP contribution in [0.5, 0.6) is 5.75 Å². The Bertz CT molecular complexity index is 642. The fraction of sp³-hybridized carbons (Fsp3) is 0.556. The molecule has 1 fully saturated rings. The summed E-state index contributed by atoms with van der Waals surface area (Å²) in [5.41, 5.74) is 0.739. The molecule has 1 amide bonds. The molecule has 1 saturated carbocycles. The SMILES string of the molecule is COc1cc(C2(C(=O)NC(CC(F)F)C(=O)O)CCCC2)ccc1C. The van der Waals surface area contributed by atoms with Crippen LogP contribution >= 0.6 is 0 Å². The molecule has 2 rings (SSSR count). The van der Waals surface area contributed by atoms with E-state index in [0.29, 0.717) is 18.6 Å². The lowest BCUT2D eigenvalue weighted by Gasteiger charge is -2.30. The highest BCUT2D eigenvalue weighted by Gasteiger charge is 2.44. The number of halogens is 2. The van der Waals surface area contributed by atoms with Crippen LogP contribution in [-0.4, -0.2) is 36.6 Å². The molecule has 0 spiro atoms. The summed E-state index contributed by atoms with van der Waals surface area (Å²) in [5.74, 6) is -1.33. The van der Waals surface area contributed by atoms with Crippen molar-refractivity contribution in [1.29, 1.82) is 0 Å². The number of carbonyl (C=O) groups excluding carboxylic acids is 1. The average molecular weight is 355 g/mol. The van der Waals surface area contributed by atoms with Gasteiger partial charge in [-0.05, 0) is 37.0 Å². The monoisotopic (exact) mass is 355 g/mol. The number of amides is 1. The van der Waals surface area contributed by atoms with Crippen LogP contribution in [0.3, 0.4) is 0 Å². The van der Waals surface area contributed by atoms with E-state index in [0.717, 1.165) is 24.0 Å². The van der Waals surface area contributed by atoms with Crippen LogP contribution in [0.2, 0.25) is 0 Å². The Balaban J connectivity index is 2.32. The summed E-state index contributed by atoms with van der Waals surface area (Å²) in [6.07, 6.45) is -0.987. The molecule has 0 aliphatic heterocycles. The topological polar surface area (TPSA) is 75.6 Å². The third kappa shape index (κ3) is 4.08. The number of carbonyl (C=O) groups is 2. The maximum atomic E-state index is 12.9. The Morgan fingerprint density at radius 1 is 1.32 bits per heavy atom. The summed E-state index contributed by atoms with van der Waals surface area (Å²) in [6, 6.07) is 3.85. The average Bonchev–Trinajstić information content (AvgIpc) is 3.05. The van der Waals surface area contributed by atoms with Gasteiger partial charge in [0.15, 0.2) is 0 Å². The minimum absolute atomic E-state index is 0.510. The molecule has 5 nitrogen and oxygen atoms in total. The van der Waals surface area contributed by atoms with Gasteiger partial charge in [0.2, 0.25) is 12.3 Å². The second-order valence-corrected chi connectivity index (χ2v) is 6.46. The normalized spacial score (nSPS) is 17.3. The first-order valence-electron chi connectivity index (χ1n) is 8.27. The number of hydrogen-bond donors (Lipinski definition) is 2. The Labute approximate surface area is 145 Å². The highest BCUT2D eigenvalue weighted by Crippen LogP contribution is 2.43. The van der Waals surface area contributed by atoms with Gasteiger partial charge in [0.25, 0.3) is 0 Å². The predicted octanol–water partition coefficient (Wildman–Crippen LogP) is 3.04. The van der Waals surface area contributed by atoms with Gasteiger partial charge in [-0.25, -0.2) is 13.6 Å². The zero-order valence-electron chi connectivity index (χ0n) is 14.4. The van der Waals surface area contributed by atoms with E-state index in [2.05, 4.69) is 5.32 Å². The summed E-state index contributed by atoms with van der Waals surface area (Å²) in [7, 11) is 1.54. The smallest absolute Gasteiger partial charge is 0.326 e. The van der Waals surface area contributed by atoms with Crippen molar-refractivity contribution in [2.75, 3.05) is 7.11 Å². The molecule has 0 bridgehead atoms. The van der Waals surface area contributed by atoms with Gasteiger partial charge < -0.3 is 15.2 Å². The number of carboxylic acids is 1. The van der Waals surface area contributed by atoms with Crippen LogP contribution in [0.25, 0.3) is 0 Å². The third-order valence-corrected chi connectivity index (χ3v) is 4.87. The minimum Gasteiger partial charge on any atom is -0.496 e. The van der Waals surface area contributed by atoms with Gasteiger partial charge in [-0.1, -0.05) is 25.0 Å². The van der Waals surface area contributed by atoms with E-state index in [1.54, 1.807) is 6.07 Å². The molecule has 25 heavy (non-hydrogen) atoms. The second kappa shape index (κ2) is 7.80. The molecule has 0 radical (unpaired) electrons. The van der Waals surface area contributed by atoms with Crippen molar-refractivity contribution >= 4 is 11.9 Å². The van der Waals surface area contributed by atoms with Crippen molar-refractivity contribution in [2.45, 2.75) is 56.9 Å². The molecule has 1 unspecified atom stereocenters. The Morgan fingerprint density at radius 2 is 1.96 bits per heavy atom. The molecule has 1 aliphatic carbocycles. The molecule has 138 valence electrons. The first-order valence-corrected chi connectivity index (χ1v) is 8.27. The molecule has 1 atom stereocenters.